The summed E-state index contributed by atoms with van der Waals surface area (Å²) in [5.74, 6) is -10.7. The number of alkyl halides is 4. The Labute approximate surface area is 150 Å². The van der Waals surface area contributed by atoms with Crippen LogP contribution in [0.1, 0.15) is 36.0 Å². The lowest BCUT2D eigenvalue weighted by Crippen LogP contribution is -2.48. The minimum absolute atomic E-state index is 0.0350. The van der Waals surface area contributed by atoms with E-state index in [1.807, 2.05) is 0 Å². The highest BCUT2D eigenvalue weighted by molar-refractivity contribution is 5.61. The van der Waals surface area contributed by atoms with Gasteiger partial charge >= 0.3 is 11.8 Å². The predicted molar refractivity (Wildman–Crippen MR) is 84.9 cm³/mol. The normalized spacial score (nSPS) is 26.5. The third-order valence-corrected chi connectivity index (χ3v) is 5.18. The molecule has 0 saturated heterocycles. The summed E-state index contributed by atoms with van der Waals surface area (Å²) >= 11 is 0. The lowest BCUT2D eigenvalue weighted by molar-refractivity contribution is -0.286. The van der Waals surface area contributed by atoms with E-state index in [0.717, 1.165) is 24.3 Å². The molecule has 3 nitrogen and oxygen atoms in total. The zero-order chi connectivity index (χ0) is 19.8. The summed E-state index contributed by atoms with van der Waals surface area (Å²) in [5.41, 5.74) is -4.44. The van der Waals surface area contributed by atoms with Crippen LogP contribution in [0.3, 0.4) is 0 Å². The second-order valence-electron chi connectivity index (χ2n) is 6.87. The Balaban J connectivity index is 1.89. The monoisotopic (exact) mass is 381 g/mol. The zero-order valence-corrected chi connectivity index (χ0v) is 13.9. The standard InChI is InChI=1S/C19H12F5NO2/c1-9-8-17(26)16-13(18(21,22)19(17,23)24)3-4-14(15(9)16)27-12-6-10(20)5-11(7-12)25-2/h3-7,9,26H,8H2,1H3. The molecule has 0 saturated carbocycles. The third-order valence-electron chi connectivity index (χ3n) is 5.18. The van der Waals surface area contributed by atoms with Crippen LogP contribution in [0, 0.1) is 12.4 Å². The minimum Gasteiger partial charge on any atom is -0.458 e. The number of benzene rings is 2. The van der Waals surface area contributed by atoms with Crippen LogP contribution in [0.15, 0.2) is 30.3 Å². The second kappa shape index (κ2) is 5.20. The average Bonchev–Trinajstić information content (AvgIpc) is 2.92. The Hall–Kier alpha value is -2.66. The van der Waals surface area contributed by atoms with Crippen molar-refractivity contribution >= 4 is 5.69 Å². The van der Waals surface area contributed by atoms with Crippen molar-refractivity contribution in [2.75, 3.05) is 0 Å². The number of ether oxygens (including phenoxy) is 1. The Kier molecular flexibility index (Phi) is 3.41. The van der Waals surface area contributed by atoms with Crippen molar-refractivity contribution in [1.82, 2.24) is 0 Å². The molecular weight excluding hydrogens is 369 g/mol. The molecule has 0 aromatic heterocycles. The molecule has 2 aromatic carbocycles. The molecule has 0 radical (unpaired) electrons. The van der Waals surface area contributed by atoms with Crippen molar-refractivity contribution in [2.45, 2.75) is 36.7 Å². The van der Waals surface area contributed by atoms with Crippen LogP contribution in [0.4, 0.5) is 27.6 Å². The molecule has 0 bridgehead atoms. The molecule has 140 valence electrons. The van der Waals surface area contributed by atoms with E-state index in [-0.39, 0.29) is 22.7 Å². The second-order valence-corrected chi connectivity index (χ2v) is 6.87. The van der Waals surface area contributed by atoms with E-state index < -0.39 is 46.7 Å². The molecule has 1 N–H and O–H groups in total. The first kappa shape index (κ1) is 17.7. The van der Waals surface area contributed by atoms with Crippen LogP contribution in [0.5, 0.6) is 11.5 Å². The van der Waals surface area contributed by atoms with Crippen molar-refractivity contribution < 1.29 is 31.8 Å². The zero-order valence-electron chi connectivity index (χ0n) is 13.9. The fourth-order valence-electron chi connectivity index (χ4n) is 4.05. The summed E-state index contributed by atoms with van der Waals surface area (Å²) in [6.45, 7) is 8.47. The Bertz CT molecular complexity index is 1010. The van der Waals surface area contributed by atoms with Crippen LogP contribution in [0.25, 0.3) is 4.85 Å². The fraction of sp³-hybridized carbons (Fsp3) is 0.316. The van der Waals surface area contributed by atoms with E-state index in [1.165, 1.54) is 13.0 Å². The number of rotatable bonds is 2. The van der Waals surface area contributed by atoms with Gasteiger partial charge < -0.3 is 9.84 Å². The molecule has 8 heteroatoms. The molecule has 27 heavy (non-hydrogen) atoms. The first-order valence-corrected chi connectivity index (χ1v) is 8.04. The third kappa shape index (κ3) is 2.09. The molecule has 0 aliphatic heterocycles. The lowest BCUT2D eigenvalue weighted by Gasteiger charge is -2.30. The number of hydrogen-bond donors (Lipinski definition) is 1. The molecule has 2 aliphatic rings. The molecule has 0 fully saturated rings. The van der Waals surface area contributed by atoms with Crippen LogP contribution in [-0.2, 0) is 11.5 Å². The molecule has 2 aromatic rings. The molecule has 0 heterocycles. The summed E-state index contributed by atoms with van der Waals surface area (Å²) in [4.78, 5) is 3.10. The Morgan fingerprint density at radius 2 is 1.89 bits per heavy atom. The van der Waals surface area contributed by atoms with Gasteiger partial charge in [-0.3, -0.25) is 0 Å². The number of aliphatic hydroxyl groups is 1. The summed E-state index contributed by atoms with van der Waals surface area (Å²) in [7, 11) is 0. The van der Waals surface area contributed by atoms with E-state index >= 15 is 0 Å². The smallest absolute Gasteiger partial charge is 0.346 e. The van der Waals surface area contributed by atoms with Crippen LogP contribution in [-0.4, -0.2) is 11.0 Å². The quantitative estimate of drug-likeness (QED) is 0.542. The van der Waals surface area contributed by atoms with Crippen LogP contribution >= 0.6 is 0 Å². The van der Waals surface area contributed by atoms with Gasteiger partial charge in [0, 0.05) is 22.8 Å². The summed E-state index contributed by atoms with van der Waals surface area (Å²) < 4.78 is 76.3. The lowest BCUT2D eigenvalue weighted by atomic mass is 9.93. The van der Waals surface area contributed by atoms with Crippen molar-refractivity contribution in [3.63, 3.8) is 0 Å². The van der Waals surface area contributed by atoms with Crippen molar-refractivity contribution in [2.24, 2.45) is 0 Å². The highest BCUT2D eigenvalue weighted by atomic mass is 19.3. The first-order valence-electron chi connectivity index (χ1n) is 8.04. The van der Waals surface area contributed by atoms with Crippen molar-refractivity contribution in [1.29, 1.82) is 0 Å². The van der Waals surface area contributed by atoms with Gasteiger partial charge in [-0.1, -0.05) is 6.92 Å². The molecule has 2 aliphatic carbocycles. The molecule has 0 amide bonds. The van der Waals surface area contributed by atoms with Crippen LogP contribution < -0.4 is 4.74 Å². The van der Waals surface area contributed by atoms with E-state index in [1.54, 1.807) is 0 Å². The molecular formula is C19H12F5NO2. The minimum atomic E-state index is -4.66. The van der Waals surface area contributed by atoms with Gasteiger partial charge in [0.15, 0.2) is 11.3 Å². The van der Waals surface area contributed by atoms with Gasteiger partial charge in [-0.05, 0) is 36.6 Å². The molecule has 4 rings (SSSR count). The summed E-state index contributed by atoms with van der Waals surface area (Å²) in [5, 5.41) is 10.5. The first-order chi connectivity index (χ1) is 12.5. The van der Waals surface area contributed by atoms with Crippen molar-refractivity contribution in [3.8, 4) is 11.5 Å². The van der Waals surface area contributed by atoms with Crippen molar-refractivity contribution in [3.05, 3.63) is 64.3 Å². The fourth-order valence-corrected chi connectivity index (χ4v) is 4.05. The van der Waals surface area contributed by atoms with E-state index in [2.05, 4.69) is 4.85 Å². The number of hydrogen-bond acceptors (Lipinski definition) is 2. The van der Waals surface area contributed by atoms with Gasteiger partial charge in [0.2, 0.25) is 0 Å². The number of halogens is 5. The van der Waals surface area contributed by atoms with Gasteiger partial charge in [0.05, 0.1) is 6.57 Å². The van der Waals surface area contributed by atoms with E-state index in [9.17, 15) is 27.1 Å². The molecule has 0 spiro atoms. The largest absolute Gasteiger partial charge is 0.458 e. The Morgan fingerprint density at radius 1 is 1.19 bits per heavy atom. The SMILES string of the molecule is [C-]#[N+]c1cc(F)cc(Oc2ccc3c4c2C(C)CC4(O)C(F)(F)C3(F)F)c1. The van der Waals surface area contributed by atoms with Gasteiger partial charge in [0.25, 0.3) is 0 Å². The molecule has 2 unspecified atom stereocenters. The van der Waals surface area contributed by atoms with Gasteiger partial charge in [-0.25, -0.2) is 9.24 Å². The topological polar surface area (TPSA) is 33.8 Å². The van der Waals surface area contributed by atoms with E-state index in [0.29, 0.717) is 0 Å². The van der Waals surface area contributed by atoms with Gasteiger partial charge in [0.1, 0.15) is 17.3 Å². The summed E-state index contributed by atoms with van der Waals surface area (Å²) in [6.07, 6.45) is -0.589. The van der Waals surface area contributed by atoms with Crippen LogP contribution in [0.2, 0.25) is 0 Å². The summed E-state index contributed by atoms with van der Waals surface area (Å²) in [6, 6.07) is 5.13. The van der Waals surface area contributed by atoms with E-state index in [4.69, 9.17) is 11.3 Å². The maximum atomic E-state index is 14.4. The highest BCUT2D eigenvalue weighted by Crippen LogP contribution is 2.68. The van der Waals surface area contributed by atoms with Gasteiger partial charge in [-0.15, -0.1) is 0 Å². The maximum Gasteiger partial charge on any atom is 0.346 e. The number of nitrogens with zero attached hydrogens (tertiary/aromatic N) is 1. The average molecular weight is 381 g/mol. The maximum absolute atomic E-state index is 14.4. The Morgan fingerprint density at radius 3 is 2.56 bits per heavy atom. The predicted octanol–water partition coefficient (Wildman–Crippen LogP) is 5.60. The highest BCUT2D eigenvalue weighted by Gasteiger charge is 2.78. The molecule has 2 atom stereocenters. The van der Waals surface area contributed by atoms with Gasteiger partial charge in [-0.2, -0.15) is 17.6 Å².